The summed E-state index contributed by atoms with van der Waals surface area (Å²) in [5.74, 6) is 0. The minimum Gasteiger partial charge on any atom is -0.411 e. The quantitative estimate of drug-likeness (QED) is 0.600. The second-order valence-electron chi connectivity index (χ2n) is 4.22. The molecule has 0 amide bonds. The fraction of sp³-hybridized carbons (Fsp3) is 0.267. The number of benzene rings is 1. The summed E-state index contributed by atoms with van der Waals surface area (Å²) in [6, 6.07) is 10.2. The minimum atomic E-state index is 0.842. The largest absolute Gasteiger partial charge is 0.411 e. The van der Waals surface area contributed by atoms with E-state index in [2.05, 4.69) is 29.4 Å². The summed E-state index contributed by atoms with van der Waals surface area (Å²) in [4.78, 5) is 0. The molecule has 1 fully saturated rings. The molecular formula is C15H17NO. The third kappa shape index (κ3) is 3.31. The highest BCUT2D eigenvalue weighted by Gasteiger charge is 2.12. The number of hydrogen-bond acceptors (Lipinski definition) is 2. The van der Waals surface area contributed by atoms with E-state index in [1.165, 1.54) is 12.0 Å². The molecule has 0 spiro atoms. The molecule has 1 aliphatic rings. The Morgan fingerprint density at radius 2 is 1.82 bits per heavy atom. The number of oxime groups is 1. The third-order valence-corrected chi connectivity index (χ3v) is 2.99. The van der Waals surface area contributed by atoms with Crippen molar-refractivity contribution >= 4 is 11.8 Å². The van der Waals surface area contributed by atoms with E-state index < -0.39 is 0 Å². The van der Waals surface area contributed by atoms with Crippen LogP contribution in [0.3, 0.4) is 0 Å². The molecule has 0 radical (unpaired) electrons. The molecule has 0 aromatic heterocycles. The van der Waals surface area contributed by atoms with Gasteiger partial charge >= 0.3 is 0 Å². The van der Waals surface area contributed by atoms with Crippen molar-refractivity contribution in [1.29, 1.82) is 0 Å². The van der Waals surface area contributed by atoms with E-state index in [0.29, 0.717) is 0 Å². The van der Waals surface area contributed by atoms with Gasteiger partial charge in [0.1, 0.15) is 0 Å². The molecule has 2 heteroatoms. The van der Waals surface area contributed by atoms with Crippen molar-refractivity contribution in [3.63, 3.8) is 0 Å². The van der Waals surface area contributed by atoms with Crippen molar-refractivity contribution in [3.8, 4) is 0 Å². The van der Waals surface area contributed by atoms with E-state index in [1.54, 1.807) is 0 Å². The van der Waals surface area contributed by atoms with E-state index >= 15 is 0 Å². The van der Waals surface area contributed by atoms with Crippen molar-refractivity contribution in [2.45, 2.75) is 25.7 Å². The smallest absolute Gasteiger partial charge is 0.0827 e. The molecule has 0 unspecified atom stereocenters. The van der Waals surface area contributed by atoms with E-state index in [0.717, 1.165) is 30.5 Å². The van der Waals surface area contributed by atoms with Crippen molar-refractivity contribution in [1.82, 2.24) is 0 Å². The van der Waals surface area contributed by atoms with Crippen LogP contribution in [0.25, 0.3) is 6.08 Å². The van der Waals surface area contributed by atoms with Gasteiger partial charge in [-0.1, -0.05) is 53.7 Å². The zero-order chi connectivity index (χ0) is 11.9. The molecule has 17 heavy (non-hydrogen) atoms. The lowest BCUT2D eigenvalue weighted by Gasteiger charge is -2.14. The average Bonchev–Trinajstić information content (AvgIpc) is 2.40. The van der Waals surface area contributed by atoms with Crippen molar-refractivity contribution < 1.29 is 5.21 Å². The normalized spacial score (nSPS) is 21.4. The summed E-state index contributed by atoms with van der Waals surface area (Å²) >= 11 is 0. The Bertz CT molecular complexity index is 443. The van der Waals surface area contributed by atoms with Gasteiger partial charge in [0.15, 0.2) is 0 Å². The van der Waals surface area contributed by atoms with Crippen LogP contribution < -0.4 is 0 Å². The Labute approximate surface area is 102 Å². The maximum Gasteiger partial charge on any atom is 0.0827 e. The lowest BCUT2D eigenvalue weighted by atomic mass is 9.92. The lowest BCUT2D eigenvalue weighted by Crippen LogP contribution is -2.08. The molecule has 0 saturated heterocycles. The average molecular weight is 227 g/mol. The van der Waals surface area contributed by atoms with Gasteiger partial charge in [0.05, 0.1) is 5.71 Å². The summed E-state index contributed by atoms with van der Waals surface area (Å²) in [7, 11) is 0. The Kier molecular flexibility index (Phi) is 4.14. The summed E-state index contributed by atoms with van der Waals surface area (Å²) in [5.41, 5.74) is 3.18. The summed E-state index contributed by atoms with van der Waals surface area (Å²) in [6.07, 6.45) is 10.4. The lowest BCUT2D eigenvalue weighted by molar-refractivity contribution is 0.316. The maximum atomic E-state index is 8.90. The first-order chi connectivity index (χ1) is 8.40. The molecule has 88 valence electrons. The van der Waals surface area contributed by atoms with Crippen LogP contribution in [0.4, 0.5) is 0 Å². The van der Waals surface area contributed by atoms with Crippen LogP contribution in [-0.4, -0.2) is 10.9 Å². The van der Waals surface area contributed by atoms with Gasteiger partial charge in [-0.3, -0.25) is 0 Å². The summed E-state index contributed by atoms with van der Waals surface area (Å²) in [5, 5.41) is 12.3. The molecule has 0 atom stereocenters. The zero-order valence-electron chi connectivity index (χ0n) is 9.84. The van der Waals surface area contributed by atoms with Crippen LogP contribution in [0.15, 0.2) is 53.2 Å². The molecule has 2 rings (SSSR count). The molecule has 1 aliphatic carbocycles. The summed E-state index contributed by atoms with van der Waals surface area (Å²) < 4.78 is 0. The van der Waals surface area contributed by atoms with E-state index in [1.807, 2.05) is 24.3 Å². The molecule has 1 N–H and O–H groups in total. The summed E-state index contributed by atoms with van der Waals surface area (Å²) in [6.45, 7) is 0. The predicted octanol–water partition coefficient (Wildman–Crippen LogP) is 4.03. The van der Waals surface area contributed by atoms with Gasteiger partial charge in [-0.2, -0.15) is 0 Å². The monoisotopic (exact) mass is 227 g/mol. The first-order valence-electron chi connectivity index (χ1n) is 6.04. The van der Waals surface area contributed by atoms with Crippen LogP contribution in [0.5, 0.6) is 0 Å². The SMILES string of the molecule is O/N=C1/CCCC/C1=C/C=C\c1ccccc1. The Hall–Kier alpha value is -1.83. The second-order valence-corrected chi connectivity index (χ2v) is 4.22. The van der Waals surface area contributed by atoms with E-state index in [9.17, 15) is 0 Å². The molecule has 1 aromatic rings. The molecule has 0 heterocycles. The number of nitrogens with zero attached hydrogens (tertiary/aromatic N) is 1. The minimum absolute atomic E-state index is 0.842. The van der Waals surface area contributed by atoms with Crippen LogP contribution in [0.1, 0.15) is 31.2 Å². The topological polar surface area (TPSA) is 32.6 Å². The first-order valence-corrected chi connectivity index (χ1v) is 6.04. The highest BCUT2D eigenvalue weighted by molar-refractivity contribution is 6.00. The van der Waals surface area contributed by atoms with Crippen molar-refractivity contribution in [2.75, 3.05) is 0 Å². The van der Waals surface area contributed by atoms with Gasteiger partial charge in [0.25, 0.3) is 0 Å². The van der Waals surface area contributed by atoms with Gasteiger partial charge in [-0.25, -0.2) is 0 Å². The molecule has 1 saturated carbocycles. The highest BCUT2D eigenvalue weighted by Crippen LogP contribution is 2.21. The number of rotatable bonds is 2. The van der Waals surface area contributed by atoms with Gasteiger partial charge in [0, 0.05) is 0 Å². The second kappa shape index (κ2) is 6.04. The van der Waals surface area contributed by atoms with Crippen LogP contribution in [0.2, 0.25) is 0 Å². The molecular weight excluding hydrogens is 210 g/mol. The van der Waals surface area contributed by atoms with Gasteiger partial charge in [0.2, 0.25) is 0 Å². The van der Waals surface area contributed by atoms with E-state index in [-0.39, 0.29) is 0 Å². The van der Waals surface area contributed by atoms with Gasteiger partial charge < -0.3 is 5.21 Å². The predicted molar refractivity (Wildman–Crippen MR) is 71.2 cm³/mol. The number of hydrogen-bond donors (Lipinski definition) is 1. The van der Waals surface area contributed by atoms with Gasteiger partial charge in [-0.05, 0) is 36.8 Å². The molecule has 2 nitrogen and oxygen atoms in total. The van der Waals surface area contributed by atoms with Gasteiger partial charge in [-0.15, -0.1) is 0 Å². The third-order valence-electron chi connectivity index (χ3n) is 2.99. The Morgan fingerprint density at radius 3 is 2.59 bits per heavy atom. The molecule has 0 bridgehead atoms. The molecule has 1 aromatic carbocycles. The fourth-order valence-corrected chi connectivity index (χ4v) is 2.05. The number of allylic oxidation sites excluding steroid dienone is 3. The van der Waals surface area contributed by atoms with Crippen LogP contribution in [0, 0.1) is 0 Å². The van der Waals surface area contributed by atoms with Crippen molar-refractivity contribution in [2.24, 2.45) is 5.16 Å². The van der Waals surface area contributed by atoms with Crippen molar-refractivity contribution in [3.05, 3.63) is 53.6 Å². The Balaban J connectivity index is 2.07. The van der Waals surface area contributed by atoms with E-state index in [4.69, 9.17) is 5.21 Å². The highest BCUT2D eigenvalue weighted by atomic mass is 16.4. The zero-order valence-corrected chi connectivity index (χ0v) is 9.84. The maximum absolute atomic E-state index is 8.90. The van der Waals surface area contributed by atoms with Crippen LogP contribution >= 0.6 is 0 Å². The standard InChI is InChI=1S/C15H17NO/c17-16-15-12-5-4-10-14(15)11-6-9-13-7-2-1-3-8-13/h1-3,6-9,11,17H,4-5,10,12H2/b9-6-,14-11-,16-15-. The Morgan fingerprint density at radius 1 is 1.06 bits per heavy atom. The first kappa shape index (κ1) is 11.6. The fourth-order valence-electron chi connectivity index (χ4n) is 2.05. The van der Waals surface area contributed by atoms with Crippen LogP contribution in [-0.2, 0) is 0 Å². The molecule has 0 aliphatic heterocycles.